The van der Waals surface area contributed by atoms with Crippen molar-refractivity contribution in [1.82, 2.24) is 9.97 Å². The smallest absolute Gasteiger partial charge is 0.339 e. The zero-order chi connectivity index (χ0) is 31.4. The lowest BCUT2D eigenvalue weighted by Gasteiger charge is -2.18. The fourth-order valence-corrected chi connectivity index (χ4v) is 4.72. The van der Waals surface area contributed by atoms with Crippen LogP contribution >= 0.6 is 15.9 Å². The summed E-state index contributed by atoms with van der Waals surface area (Å²) >= 11 is 3.00. The van der Waals surface area contributed by atoms with Crippen molar-refractivity contribution < 1.29 is 44.7 Å². The Bertz CT molecular complexity index is 1920. The van der Waals surface area contributed by atoms with E-state index in [0.717, 1.165) is 0 Å². The second-order valence-electron chi connectivity index (χ2n) is 9.03. The molecule has 0 spiro atoms. The Morgan fingerprint density at radius 1 is 0.721 bits per heavy atom. The van der Waals surface area contributed by atoms with E-state index >= 15 is 0 Å². The van der Waals surface area contributed by atoms with Gasteiger partial charge >= 0.3 is 17.9 Å². The number of hydrogen-bond acceptors (Lipinski definition) is 8. The highest BCUT2D eigenvalue weighted by Gasteiger charge is 2.28. The molecule has 1 aliphatic carbocycles. The fraction of sp³-hybridized carbons (Fsp3) is 0.0323. The molecule has 0 bridgehead atoms. The predicted molar refractivity (Wildman–Crippen MR) is 158 cm³/mol. The Morgan fingerprint density at radius 2 is 1.42 bits per heavy atom. The Balaban J connectivity index is 0.000000164. The summed E-state index contributed by atoms with van der Waals surface area (Å²) in [6.45, 7) is 1.64. The number of aromatic hydroxyl groups is 2. The van der Waals surface area contributed by atoms with Gasteiger partial charge in [0.25, 0.3) is 0 Å². The summed E-state index contributed by atoms with van der Waals surface area (Å²) in [5.74, 6) is -3.45. The molecular formula is C31H21BrN2O9. The van der Waals surface area contributed by atoms with Crippen LogP contribution in [0.1, 0.15) is 52.6 Å². The van der Waals surface area contributed by atoms with Gasteiger partial charge in [0.1, 0.15) is 23.4 Å². The average molecular weight is 645 g/mol. The lowest BCUT2D eigenvalue weighted by atomic mass is 9.86. The van der Waals surface area contributed by atoms with E-state index in [-0.39, 0.29) is 34.0 Å². The van der Waals surface area contributed by atoms with Gasteiger partial charge in [-0.05, 0) is 64.8 Å². The van der Waals surface area contributed by atoms with Crippen LogP contribution in [0.4, 0.5) is 0 Å². The number of carboxylic acid groups (broad SMARTS) is 3. The Hall–Kier alpha value is -5.62. The number of aromatic carboxylic acids is 3. The van der Waals surface area contributed by atoms with Crippen LogP contribution in [0.3, 0.4) is 0 Å². The number of fused-ring (bicyclic) bond motifs is 2. The minimum Gasteiger partial charge on any atom is -0.507 e. The summed E-state index contributed by atoms with van der Waals surface area (Å²) in [4.78, 5) is 53.1. The molecule has 0 amide bonds. The Labute approximate surface area is 251 Å². The third-order valence-corrected chi connectivity index (χ3v) is 6.98. The standard InChI is InChI=1S/C16H8N2O3.C8H8O3.C7H5BrO3/c19-15-9-4-2-1-3-8(9)13-12-10(15)5-6-11(16(20)21)14(12)18-7-17-13;1-5-3-2-4-6(9)7(5)8(10)11;8-5-3-4(7(10)11)1-2-6(5)9/h1-7H,(H,20,21);2-4,9H,1H3,(H,10,11);1-3,9H,(H,10,11). The highest BCUT2D eigenvalue weighted by Crippen LogP contribution is 2.38. The van der Waals surface area contributed by atoms with E-state index in [1.165, 1.54) is 42.7 Å². The van der Waals surface area contributed by atoms with Crippen molar-refractivity contribution in [1.29, 1.82) is 0 Å². The van der Waals surface area contributed by atoms with Gasteiger partial charge in [0.05, 0.1) is 26.8 Å². The first-order chi connectivity index (χ1) is 20.4. The monoisotopic (exact) mass is 644 g/mol. The molecule has 43 heavy (non-hydrogen) atoms. The minimum atomic E-state index is -1.10. The molecule has 0 fully saturated rings. The molecule has 1 aromatic heterocycles. The van der Waals surface area contributed by atoms with Crippen molar-refractivity contribution >= 4 is 50.5 Å². The predicted octanol–water partition coefficient (Wildman–Crippen LogP) is 5.79. The summed E-state index contributed by atoms with van der Waals surface area (Å²) in [6.07, 6.45) is 1.33. The van der Waals surface area contributed by atoms with E-state index in [1.807, 2.05) is 12.1 Å². The number of carboxylic acids is 3. The van der Waals surface area contributed by atoms with Crippen LogP contribution in [0.5, 0.6) is 11.5 Å². The van der Waals surface area contributed by atoms with Gasteiger partial charge in [-0.25, -0.2) is 24.4 Å². The number of rotatable bonds is 3. The molecule has 0 atom stereocenters. The van der Waals surface area contributed by atoms with Crippen molar-refractivity contribution in [3.05, 3.63) is 117 Å². The van der Waals surface area contributed by atoms with Crippen molar-refractivity contribution in [3.8, 4) is 22.8 Å². The van der Waals surface area contributed by atoms with Gasteiger partial charge in [-0.2, -0.15) is 0 Å². The molecule has 1 aliphatic rings. The number of aryl methyl sites for hydroxylation is 1. The van der Waals surface area contributed by atoms with Gasteiger partial charge in [-0.3, -0.25) is 4.79 Å². The molecular weight excluding hydrogens is 624 g/mol. The van der Waals surface area contributed by atoms with E-state index in [2.05, 4.69) is 25.9 Å². The average Bonchev–Trinajstić information content (AvgIpc) is 2.97. The summed E-state index contributed by atoms with van der Waals surface area (Å²) in [6, 6.07) is 18.8. The van der Waals surface area contributed by atoms with Crippen LogP contribution < -0.4 is 0 Å². The normalized spacial score (nSPS) is 10.9. The molecule has 4 aromatic carbocycles. The van der Waals surface area contributed by atoms with Gasteiger partial charge in [0.2, 0.25) is 0 Å². The highest BCUT2D eigenvalue weighted by molar-refractivity contribution is 9.10. The number of hydrogen-bond donors (Lipinski definition) is 5. The van der Waals surface area contributed by atoms with E-state index in [4.69, 9.17) is 20.4 Å². The number of carbonyl (C=O) groups is 4. The fourth-order valence-electron chi connectivity index (χ4n) is 4.34. The second kappa shape index (κ2) is 12.5. The van der Waals surface area contributed by atoms with Crippen LogP contribution in [0, 0.1) is 6.92 Å². The first kappa shape index (κ1) is 30.3. The van der Waals surface area contributed by atoms with E-state index in [1.54, 1.807) is 31.2 Å². The van der Waals surface area contributed by atoms with E-state index in [0.29, 0.717) is 43.3 Å². The lowest BCUT2D eigenvalue weighted by Crippen LogP contribution is -2.13. The lowest BCUT2D eigenvalue weighted by molar-refractivity contribution is 0.0683. The molecule has 0 aliphatic heterocycles. The number of nitrogens with zero attached hydrogens (tertiary/aromatic N) is 2. The van der Waals surface area contributed by atoms with Gasteiger partial charge in [-0.1, -0.05) is 36.4 Å². The largest absolute Gasteiger partial charge is 0.507 e. The number of carbonyl (C=O) groups excluding carboxylic acids is 1. The molecule has 5 aromatic rings. The molecule has 0 saturated carbocycles. The summed E-state index contributed by atoms with van der Waals surface area (Å²) in [5.41, 5.74) is 3.41. The quantitative estimate of drug-likeness (QED) is 0.156. The maximum Gasteiger partial charge on any atom is 0.339 e. The maximum atomic E-state index is 12.6. The zero-order valence-corrected chi connectivity index (χ0v) is 23.7. The first-order valence-corrected chi connectivity index (χ1v) is 13.1. The zero-order valence-electron chi connectivity index (χ0n) is 22.1. The van der Waals surface area contributed by atoms with Crippen molar-refractivity contribution in [2.24, 2.45) is 0 Å². The number of phenols is 2. The van der Waals surface area contributed by atoms with Crippen LogP contribution in [-0.2, 0) is 0 Å². The van der Waals surface area contributed by atoms with Crippen LogP contribution in [0.25, 0.3) is 22.2 Å². The molecule has 11 nitrogen and oxygen atoms in total. The number of halogens is 1. The number of aromatic nitrogens is 2. The molecule has 0 unspecified atom stereocenters. The SMILES string of the molecule is Cc1cccc(O)c1C(=O)O.O=C(O)c1ccc(O)c(Br)c1.O=C(O)c1ccc2c3c(ncnc13)-c1ccccc1C2=O. The van der Waals surface area contributed by atoms with Gasteiger partial charge in [0.15, 0.2) is 5.78 Å². The Morgan fingerprint density at radius 3 is 2.00 bits per heavy atom. The molecule has 0 radical (unpaired) electrons. The minimum absolute atomic E-state index is 0.0208. The number of phenolic OH excluding ortho intramolecular Hbond substituents is 1. The number of ketones is 1. The highest BCUT2D eigenvalue weighted by atomic mass is 79.9. The first-order valence-electron chi connectivity index (χ1n) is 12.3. The topological polar surface area (TPSA) is 195 Å². The number of benzene rings is 4. The molecule has 6 rings (SSSR count). The van der Waals surface area contributed by atoms with E-state index in [9.17, 15) is 24.3 Å². The van der Waals surface area contributed by atoms with E-state index < -0.39 is 17.9 Å². The summed E-state index contributed by atoms with van der Waals surface area (Å²) < 4.78 is 0.386. The van der Waals surface area contributed by atoms with Crippen LogP contribution in [-0.4, -0.2) is 59.2 Å². The third kappa shape index (κ3) is 6.19. The van der Waals surface area contributed by atoms with Crippen molar-refractivity contribution in [2.45, 2.75) is 6.92 Å². The molecule has 12 heteroatoms. The third-order valence-electron chi connectivity index (χ3n) is 6.35. The maximum absolute atomic E-state index is 12.6. The molecule has 5 N–H and O–H groups in total. The Kier molecular flexibility index (Phi) is 8.81. The molecule has 216 valence electrons. The molecule has 1 heterocycles. The van der Waals surface area contributed by atoms with Gasteiger partial charge in [-0.15, -0.1) is 0 Å². The van der Waals surface area contributed by atoms with Gasteiger partial charge in [0, 0.05) is 22.1 Å². The van der Waals surface area contributed by atoms with Crippen molar-refractivity contribution in [3.63, 3.8) is 0 Å². The van der Waals surface area contributed by atoms with Crippen molar-refractivity contribution in [2.75, 3.05) is 0 Å². The van der Waals surface area contributed by atoms with Gasteiger partial charge < -0.3 is 25.5 Å². The summed E-state index contributed by atoms with van der Waals surface area (Å²) in [7, 11) is 0. The van der Waals surface area contributed by atoms with Crippen LogP contribution in [0.2, 0.25) is 0 Å². The summed E-state index contributed by atoms with van der Waals surface area (Å²) in [5, 5.41) is 44.9. The second-order valence-corrected chi connectivity index (χ2v) is 9.89. The molecule has 0 saturated heterocycles. The van der Waals surface area contributed by atoms with Crippen LogP contribution in [0.15, 0.2) is 83.6 Å².